The number of Topliss-reactive ketones (excluding diaryl/α,β-unsaturated/α-hetero) is 1. The van der Waals surface area contributed by atoms with E-state index in [2.05, 4.69) is 19.2 Å². The van der Waals surface area contributed by atoms with E-state index in [1.165, 1.54) is 218 Å². The average Bonchev–Trinajstić information content (AvgIpc) is 3.16. The van der Waals surface area contributed by atoms with Crippen LogP contribution in [0.4, 0.5) is 0 Å². The minimum Gasteiger partial charge on any atom is -0.391 e. The van der Waals surface area contributed by atoms with Gasteiger partial charge < -0.3 is 10.4 Å². The van der Waals surface area contributed by atoms with Gasteiger partial charge in [0.25, 0.3) is 0 Å². The van der Waals surface area contributed by atoms with E-state index in [9.17, 15) is 14.7 Å². The summed E-state index contributed by atoms with van der Waals surface area (Å²) in [5.41, 5.74) is 0. The lowest BCUT2D eigenvalue weighted by molar-refractivity contribution is -0.121. The number of aliphatic hydroxyl groups is 1. The second-order valence-electron chi connectivity index (χ2n) is 17.1. The predicted molar refractivity (Wildman–Crippen MR) is 234 cm³/mol. The molecule has 0 aromatic rings. The number of hydrogen-bond donors (Lipinski definition) is 2. The molecule has 4 heteroatoms. The Balaban J connectivity index is 3.31. The molecule has 0 spiro atoms. The highest BCUT2D eigenvalue weighted by atomic mass is 16.3. The fourth-order valence-electron chi connectivity index (χ4n) is 7.84. The lowest BCUT2D eigenvalue weighted by Crippen LogP contribution is -2.31. The fourth-order valence-corrected chi connectivity index (χ4v) is 7.84. The number of aliphatic hydroxyl groups excluding tert-OH is 1. The molecule has 0 unspecified atom stereocenters. The van der Waals surface area contributed by atoms with Gasteiger partial charge in [-0.1, -0.05) is 245 Å². The molecule has 2 N–H and O–H groups in total. The topological polar surface area (TPSA) is 66.4 Å². The largest absolute Gasteiger partial charge is 0.391 e. The minimum absolute atomic E-state index is 0.0875. The summed E-state index contributed by atoms with van der Waals surface area (Å²) >= 11 is 0. The van der Waals surface area contributed by atoms with Gasteiger partial charge in [0.05, 0.1) is 6.10 Å². The van der Waals surface area contributed by atoms with Crippen molar-refractivity contribution in [1.82, 2.24) is 5.32 Å². The zero-order valence-corrected chi connectivity index (χ0v) is 36.5. The number of nitrogens with one attached hydrogen (secondary N) is 1. The summed E-state index contributed by atoms with van der Waals surface area (Å²) in [5, 5.41) is 13.2. The molecule has 316 valence electrons. The van der Waals surface area contributed by atoms with Crippen molar-refractivity contribution in [3.8, 4) is 0 Å². The van der Waals surface area contributed by atoms with Crippen molar-refractivity contribution < 1.29 is 14.7 Å². The van der Waals surface area contributed by atoms with E-state index in [1.54, 1.807) is 0 Å². The Morgan fingerprint density at radius 1 is 0.358 bits per heavy atom. The van der Waals surface area contributed by atoms with Crippen LogP contribution in [0, 0.1) is 0 Å². The number of carbonyl (C=O) groups is 2. The third-order valence-corrected chi connectivity index (χ3v) is 11.6. The summed E-state index contributed by atoms with van der Waals surface area (Å²) < 4.78 is 0. The number of carbonyl (C=O) groups excluding carboxylic acids is 2. The van der Waals surface area contributed by atoms with Gasteiger partial charge in [0, 0.05) is 25.8 Å². The van der Waals surface area contributed by atoms with Gasteiger partial charge in [-0.15, -0.1) is 0 Å². The van der Waals surface area contributed by atoms with Crippen LogP contribution >= 0.6 is 0 Å². The number of unbranched alkanes of at least 4 members (excludes halogenated alkanes) is 36. The van der Waals surface area contributed by atoms with Crippen LogP contribution in [-0.2, 0) is 9.59 Å². The van der Waals surface area contributed by atoms with Crippen LogP contribution in [-0.4, -0.2) is 29.4 Å². The van der Waals surface area contributed by atoms with Crippen LogP contribution in [0.5, 0.6) is 0 Å². The van der Waals surface area contributed by atoms with Gasteiger partial charge in [-0.3, -0.25) is 9.59 Å². The molecule has 0 saturated carbocycles. The first-order chi connectivity index (χ1) is 26.1. The van der Waals surface area contributed by atoms with Gasteiger partial charge in [-0.05, 0) is 25.7 Å². The highest BCUT2D eigenvalue weighted by Crippen LogP contribution is 2.17. The van der Waals surface area contributed by atoms with Crippen molar-refractivity contribution in [2.45, 2.75) is 296 Å². The van der Waals surface area contributed by atoms with Crippen molar-refractivity contribution in [3.05, 3.63) is 0 Å². The van der Waals surface area contributed by atoms with Crippen LogP contribution < -0.4 is 5.32 Å². The zero-order chi connectivity index (χ0) is 38.6. The lowest BCUT2D eigenvalue weighted by Gasteiger charge is -2.12. The summed E-state index contributed by atoms with van der Waals surface area (Å²) in [4.78, 5) is 24.4. The van der Waals surface area contributed by atoms with Gasteiger partial charge in [-0.2, -0.15) is 0 Å². The van der Waals surface area contributed by atoms with Gasteiger partial charge in [0.1, 0.15) is 5.78 Å². The second kappa shape index (κ2) is 45.5. The van der Waals surface area contributed by atoms with E-state index in [0.29, 0.717) is 18.7 Å². The van der Waals surface area contributed by atoms with E-state index in [0.717, 1.165) is 51.4 Å². The minimum atomic E-state index is -0.407. The van der Waals surface area contributed by atoms with Crippen molar-refractivity contribution >= 4 is 11.7 Å². The second-order valence-corrected chi connectivity index (χ2v) is 17.1. The van der Waals surface area contributed by atoms with Crippen LogP contribution in [0.2, 0.25) is 0 Å². The third-order valence-electron chi connectivity index (χ3n) is 11.6. The molecule has 0 saturated heterocycles. The SMILES string of the molecule is CCCCCCCCCCCCCCCCCCCC(=O)CCCCCCCCCCC(=O)NC[C@H](O)CCCCCCCCCCCCCCCC. The van der Waals surface area contributed by atoms with Gasteiger partial charge in [-0.25, -0.2) is 0 Å². The van der Waals surface area contributed by atoms with E-state index in [-0.39, 0.29) is 5.91 Å². The lowest BCUT2D eigenvalue weighted by atomic mass is 10.0. The number of hydrogen-bond acceptors (Lipinski definition) is 3. The summed E-state index contributed by atoms with van der Waals surface area (Å²) in [6.45, 7) is 4.97. The van der Waals surface area contributed by atoms with Crippen LogP contribution in [0.1, 0.15) is 290 Å². The molecule has 0 aliphatic heterocycles. The van der Waals surface area contributed by atoms with E-state index in [4.69, 9.17) is 0 Å². The van der Waals surface area contributed by atoms with E-state index < -0.39 is 6.10 Å². The summed E-state index contributed by atoms with van der Waals surface area (Å²) in [5.74, 6) is 0.566. The average molecular weight is 748 g/mol. The molecule has 0 bridgehead atoms. The van der Waals surface area contributed by atoms with E-state index in [1.807, 2.05) is 0 Å². The molecule has 1 amide bonds. The molecule has 0 aromatic carbocycles. The molecule has 0 radical (unpaired) electrons. The fraction of sp³-hybridized carbons (Fsp3) is 0.959. The van der Waals surface area contributed by atoms with Gasteiger partial charge >= 0.3 is 0 Å². The molecule has 53 heavy (non-hydrogen) atoms. The molecule has 4 nitrogen and oxygen atoms in total. The summed E-state index contributed by atoms with van der Waals surface area (Å²) in [6, 6.07) is 0. The molecule has 0 heterocycles. The van der Waals surface area contributed by atoms with Gasteiger partial charge in [0.2, 0.25) is 5.91 Å². The molecule has 0 aliphatic rings. The Hall–Kier alpha value is -0.900. The van der Waals surface area contributed by atoms with Crippen LogP contribution in [0.15, 0.2) is 0 Å². The first kappa shape index (κ1) is 52.1. The first-order valence-electron chi connectivity index (χ1n) is 24.6. The van der Waals surface area contributed by atoms with Crippen molar-refractivity contribution in [2.24, 2.45) is 0 Å². The Kier molecular flexibility index (Phi) is 44.7. The van der Waals surface area contributed by atoms with Crippen molar-refractivity contribution in [1.29, 1.82) is 0 Å². The monoisotopic (exact) mass is 748 g/mol. The molecule has 0 fully saturated rings. The molecule has 0 rings (SSSR count). The highest BCUT2D eigenvalue weighted by Gasteiger charge is 2.07. The third kappa shape index (κ3) is 45.4. The molecular formula is C49H97NO3. The van der Waals surface area contributed by atoms with E-state index >= 15 is 0 Å². The molecular weight excluding hydrogens is 651 g/mol. The smallest absolute Gasteiger partial charge is 0.220 e. The molecule has 0 aliphatic carbocycles. The normalized spacial score (nSPS) is 12.1. The van der Waals surface area contributed by atoms with Crippen molar-refractivity contribution in [2.75, 3.05) is 6.54 Å². The maximum Gasteiger partial charge on any atom is 0.220 e. The molecule has 0 aromatic heterocycles. The Morgan fingerprint density at radius 3 is 0.906 bits per heavy atom. The Morgan fingerprint density at radius 2 is 0.604 bits per heavy atom. The summed E-state index contributed by atoms with van der Waals surface area (Å²) in [7, 11) is 0. The summed E-state index contributed by atoms with van der Waals surface area (Å²) in [6.07, 6.45) is 54.0. The zero-order valence-electron chi connectivity index (χ0n) is 36.5. The van der Waals surface area contributed by atoms with Crippen molar-refractivity contribution in [3.63, 3.8) is 0 Å². The maximum atomic E-state index is 12.2. The molecule has 1 atom stereocenters. The highest BCUT2D eigenvalue weighted by molar-refractivity contribution is 5.78. The number of rotatable bonds is 46. The van der Waals surface area contributed by atoms with Crippen LogP contribution in [0.3, 0.4) is 0 Å². The standard InChI is InChI=1S/C49H97NO3/c1-3-5-7-9-11-13-15-17-19-20-21-23-24-26-30-34-38-42-47(51)43-39-35-31-28-29-33-37-41-45-49(53)50-46-48(52)44-40-36-32-27-25-22-18-16-14-12-10-8-6-4-2/h48,52H,3-46H2,1-2H3,(H,50,53)/t48-/m1/s1. The maximum absolute atomic E-state index is 12.2. The Labute approximate surface area is 333 Å². The number of amides is 1. The van der Waals surface area contributed by atoms with Crippen LogP contribution in [0.25, 0.3) is 0 Å². The number of ketones is 1. The first-order valence-corrected chi connectivity index (χ1v) is 24.6. The van der Waals surface area contributed by atoms with Gasteiger partial charge in [0.15, 0.2) is 0 Å². The quantitative estimate of drug-likeness (QED) is 0.0609. The predicted octanol–water partition coefficient (Wildman–Crippen LogP) is 15.8. The Bertz CT molecular complexity index is 725.